The zero-order valence-electron chi connectivity index (χ0n) is 24.5. The molecule has 0 atom stereocenters. The number of rotatable bonds is 18. The standard InChI is InChI=1S/C36H46O4/c1-3-5-7-9-11-13-15-29-17-25-33(26-18-29)39-35(37)31-21-23-32(24-22-31)36(38)40-34-27-19-30(20-28-34)16-14-12-10-8-6-4-2/h17-28H,3-16H2,1-2H3. The summed E-state index contributed by atoms with van der Waals surface area (Å²) in [7, 11) is 0. The lowest BCUT2D eigenvalue weighted by Gasteiger charge is -2.08. The molecule has 0 aliphatic carbocycles. The molecule has 0 saturated carbocycles. The first kappa shape index (κ1) is 31.1. The minimum Gasteiger partial charge on any atom is -0.423 e. The summed E-state index contributed by atoms with van der Waals surface area (Å²) < 4.78 is 11.1. The zero-order chi connectivity index (χ0) is 28.4. The fraction of sp³-hybridized carbons (Fsp3) is 0.444. The molecule has 0 aliphatic rings. The summed E-state index contributed by atoms with van der Waals surface area (Å²) in [5.41, 5.74) is 3.27. The van der Waals surface area contributed by atoms with Crippen molar-refractivity contribution in [3.63, 3.8) is 0 Å². The molecule has 0 saturated heterocycles. The quantitative estimate of drug-likeness (QED) is 0.0911. The molecule has 3 aromatic carbocycles. The fourth-order valence-corrected chi connectivity index (χ4v) is 4.74. The highest BCUT2D eigenvalue weighted by Gasteiger charge is 2.13. The maximum absolute atomic E-state index is 12.6. The van der Waals surface area contributed by atoms with Crippen LogP contribution in [-0.4, -0.2) is 11.9 Å². The second kappa shape index (κ2) is 18.0. The van der Waals surface area contributed by atoms with Gasteiger partial charge >= 0.3 is 11.9 Å². The number of unbranched alkanes of at least 4 members (excludes halogenated alkanes) is 10. The number of ether oxygens (including phenoxy) is 2. The maximum Gasteiger partial charge on any atom is 0.343 e. The van der Waals surface area contributed by atoms with Gasteiger partial charge in [-0.3, -0.25) is 0 Å². The highest BCUT2D eigenvalue weighted by atomic mass is 16.5. The van der Waals surface area contributed by atoms with Crippen LogP contribution in [0.1, 0.15) is 123 Å². The van der Waals surface area contributed by atoms with E-state index in [0.717, 1.165) is 12.8 Å². The molecule has 0 aliphatic heterocycles. The van der Waals surface area contributed by atoms with Gasteiger partial charge < -0.3 is 9.47 Å². The van der Waals surface area contributed by atoms with E-state index in [-0.39, 0.29) is 0 Å². The normalized spacial score (nSPS) is 10.8. The van der Waals surface area contributed by atoms with Gasteiger partial charge in [-0.1, -0.05) is 102 Å². The molecule has 3 aromatic rings. The summed E-state index contributed by atoms with van der Waals surface area (Å²) in [5, 5.41) is 0. The van der Waals surface area contributed by atoms with Crippen molar-refractivity contribution in [2.24, 2.45) is 0 Å². The van der Waals surface area contributed by atoms with Gasteiger partial charge in [0.05, 0.1) is 11.1 Å². The Hall–Kier alpha value is -3.40. The molecule has 4 heteroatoms. The average Bonchev–Trinajstić information content (AvgIpc) is 2.98. The molecule has 0 N–H and O–H groups in total. The van der Waals surface area contributed by atoms with Crippen molar-refractivity contribution in [3.05, 3.63) is 95.1 Å². The van der Waals surface area contributed by atoms with E-state index in [4.69, 9.17) is 9.47 Å². The summed E-state index contributed by atoms with van der Waals surface area (Å²) in [6, 6.07) is 21.8. The monoisotopic (exact) mass is 542 g/mol. The molecular formula is C36H46O4. The molecule has 0 heterocycles. The third kappa shape index (κ3) is 11.4. The molecule has 0 spiro atoms. The van der Waals surface area contributed by atoms with E-state index in [2.05, 4.69) is 13.8 Å². The van der Waals surface area contributed by atoms with E-state index in [9.17, 15) is 9.59 Å². The lowest BCUT2D eigenvalue weighted by atomic mass is 10.0. The van der Waals surface area contributed by atoms with Crippen molar-refractivity contribution in [2.75, 3.05) is 0 Å². The van der Waals surface area contributed by atoms with Gasteiger partial charge in [-0.25, -0.2) is 9.59 Å². The number of benzene rings is 3. The average molecular weight is 543 g/mol. The first-order valence-electron chi connectivity index (χ1n) is 15.3. The van der Waals surface area contributed by atoms with Crippen LogP contribution in [0.2, 0.25) is 0 Å². The molecule has 214 valence electrons. The molecule has 3 rings (SSSR count). The van der Waals surface area contributed by atoms with Gasteiger partial charge in [0, 0.05) is 0 Å². The lowest BCUT2D eigenvalue weighted by molar-refractivity contribution is 0.0720. The van der Waals surface area contributed by atoms with Gasteiger partial charge in [-0.15, -0.1) is 0 Å². The minimum absolute atomic E-state index is 0.381. The predicted octanol–water partition coefficient (Wildman–Crippen LogP) is 9.93. The SMILES string of the molecule is CCCCCCCCc1ccc(OC(=O)c2ccc(C(=O)Oc3ccc(CCCCCCCC)cc3)cc2)cc1. The Kier molecular flexibility index (Phi) is 14.0. The summed E-state index contributed by atoms with van der Waals surface area (Å²) >= 11 is 0. The molecule has 0 aromatic heterocycles. The lowest BCUT2D eigenvalue weighted by Crippen LogP contribution is -2.11. The summed E-state index contributed by atoms with van der Waals surface area (Å²) in [6.45, 7) is 4.47. The van der Waals surface area contributed by atoms with Crippen LogP contribution in [0.3, 0.4) is 0 Å². The van der Waals surface area contributed by atoms with Crippen LogP contribution >= 0.6 is 0 Å². The third-order valence-electron chi connectivity index (χ3n) is 7.26. The smallest absolute Gasteiger partial charge is 0.343 e. The van der Waals surface area contributed by atoms with Crippen molar-refractivity contribution in [1.29, 1.82) is 0 Å². The molecule has 0 fully saturated rings. The van der Waals surface area contributed by atoms with E-state index in [1.54, 1.807) is 24.3 Å². The van der Waals surface area contributed by atoms with Crippen LogP contribution in [0, 0.1) is 0 Å². The van der Waals surface area contributed by atoms with Gasteiger partial charge in [0.15, 0.2) is 0 Å². The van der Waals surface area contributed by atoms with Crippen molar-refractivity contribution in [3.8, 4) is 11.5 Å². The molecule has 0 radical (unpaired) electrons. The van der Waals surface area contributed by atoms with Crippen molar-refractivity contribution in [2.45, 2.75) is 104 Å². The summed E-state index contributed by atoms with van der Waals surface area (Å²) in [5.74, 6) is 0.120. The van der Waals surface area contributed by atoms with E-state index in [1.807, 2.05) is 48.5 Å². The topological polar surface area (TPSA) is 52.6 Å². The van der Waals surface area contributed by atoms with Gasteiger partial charge in [0.25, 0.3) is 0 Å². The second-order valence-corrected chi connectivity index (χ2v) is 10.7. The van der Waals surface area contributed by atoms with Gasteiger partial charge in [-0.2, -0.15) is 0 Å². The van der Waals surface area contributed by atoms with Crippen LogP contribution in [0.25, 0.3) is 0 Å². The van der Waals surface area contributed by atoms with Crippen LogP contribution < -0.4 is 9.47 Å². The van der Waals surface area contributed by atoms with Crippen molar-refractivity contribution < 1.29 is 19.1 Å². The van der Waals surface area contributed by atoms with E-state index in [1.165, 1.54) is 88.2 Å². The van der Waals surface area contributed by atoms with Gasteiger partial charge in [-0.05, 0) is 85.3 Å². The number of carbonyl (C=O) groups excluding carboxylic acids is 2. The number of esters is 2. The number of aryl methyl sites for hydroxylation is 2. The highest BCUT2D eigenvalue weighted by Crippen LogP contribution is 2.19. The Bertz CT molecular complexity index is 1040. The Morgan fingerprint density at radius 1 is 0.450 bits per heavy atom. The van der Waals surface area contributed by atoms with E-state index in [0.29, 0.717) is 22.6 Å². The van der Waals surface area contributed by atoms with Gasteiger partial charge in [0.1, 0.15) is 11.5 Å². The fourth-order valence-electron chi connectivity index (χ4n) is 4.74. The molecule has 0 unspecified atom stereocenters. The minimum atomic E-state index is -0.454. The zero-order valence-corrected chi connectivity index (χ0v) is 24.5. The van der Waals surface area contributed by atoms with Crippen LogP contribution in [-0.2, 0) is 12.8 Å². The Labute approximate surface area is 241 Å². The van der Waals surface area contributed by atoms with Crippen molar-refractivity contribution >= 4 is 11.9 Å². The third-order valence-corrected chi connectivity index (χ3v) is 7.26. The first-order valence-corrected chi connectivity index (χ1v) is 15.3. The van der Waals surface area contributed by atoms with Gasteiger partial charge in [0.2, 0.25) is 0 Å². The maximum atomic E-state index is 12.6. The number of hydrogen-bond donors (Lipinski definition) is 0. The Morgan fingerprint density at radius 2 is 0.775 bits per heavy atom. The molecule has 40 heavy (non-hydrogen) atoms. The second-order valence-electron chi connectivity index (χ2n) is 10.7. The van der Waals surface area contributed by atoms with E-state index >= 15 is 0 Å². The Balaban J connectivity index is 1.41. The number of hydrogen-bond acceptors (Lipinski definition) is 4. The van der Waals surface area contributed by atoms with Crippen LogP contribution in [0.4, 0.5) is 0 Å². The molecule has 0 amide bonds. The molecule has 0 bridgehead atoms. The van der Waals surface area contributed by atoms with E-state index < -0.39 is 11.9 Å². The first-order chi connectivity index (χ1) is 19.6. The van der Waals surface area contributed by atoms with Crippen LogP contribution in [0.15, 0.2) is 72.8 Å². The summed E-state index contributed by atoms with van der Waals surface area (Å²) in [4.78, 5) is 25.2. The number of carbonyl (C=O) groups is 2. The van der Waals surface area contributed by atoms with Crippen LogP contribution in [0.5, 0.6) is 11.5 Å². The molecular weight excluding hydrogens is 496 g/mol. The van der Waals surface area contributed by atoms with Crippen molar-refractivity contribution in [1.82, 2.24) is 0 Å². The predicted molar refractivity (Wildman–Crippen MR) is 163 cm³/mol. The summed E-state index contributed by atoms with van der Waals surface area (Å²) in [6.07, 6.45) is 17.4. The largest absolute Gasteiger partial charge is 0.423 e. The molecule has 4 nitrogen and oxygen atoms in total. The Morgan fingerprint density at radius 3 is 1.12 bits per heavy atom. The highest BCUT2D eigenvalue weighted by molar-refractivity contribution is 5.94.